The molecule has 1 nitrogen and oxygen atoms in total. The Kier molecular flexibility index (Phi) is 4.94. The van der Waals surface area contributed by atoms with Crippen LogP contribution in [0.3, 0.4) is 0 Å². The molecule has 0 bridgehead atoms. The van der Waals surface area contributed by atoms with Crippen molar-refractivity contribution in [3.63, 3.8) is 0 Å². The Morgan fingerprint density at radius 3 is 1.00 bits per heavy atom. The van der Waals surface area contributed by atoms with Crippen molar-refractivity contribution in [1.29, 1.82) is 0 Å². The van der Waals surface area contributed by atoms with Crippen LogP contribution in [-0.4, -0.2) is 29.6 Å². The van der Waals surface area contributed by atoms with Gasteiger partial charge in [0.2, 0.25) is 6.87 Å². The Bertz CT molecular complexity index is 255. The highest BCUT2D eigenvalue weighted by atomic mass is 29.9. The summed E-state index contributed by atoms with van der Waals surface area (Å²) in [5, 5.41) is 0. The van der Waals surface area contributed by atoms with Crippen LogP contribution in [0.5, 0.6) is 0 Å². The van der Waals surface area contributed by atoms with E-state index in [2.05, 4.69) is 65.5 Å². The molecule has 0 aromatic carbocycles. The zero-order valence-corrected chi connectivity index (χ0v) is 17.6. The standard InChI is InChI=1S/C12H32OSi4/c1-12(2)13-17(14(3,4)5,15(6,7)8)16(9,10)11/h1H2,2-11H3. The van der Waals surface area contributed by atoms with Crippen molar-refractivity contribution in [2.24, 2.45) is 0 Å². The maximum Gasteiger partial charge on any atom is 0.206 e. The lowest BCUT2D eigenvalue weighted by Gasteiger charge is -2.55. The molecule has 0 aromatic heterocycles. The summed E-state index contributed by atoms with van der Waals surface area (Å²) in [5.41, 5.74) is 0. The summed E-state index contributed by atoms with van der Waals surface area (Å²) in [4.78, 5) is 0. The number of rotatable bonds is 5. The first kappa shape index (κ1) is 17.4. The summed E-state index contributed by atoms with van der Waals surface area (Å²) >= 11 is 0. The van der Waals surface area contributed by atoms with Crippen molar-refractivity contribution in [2.75, 3.05) is 0 Å². The SMILES string of the molecule is C=C(C)O[Si]([Si](C)(C)C)([Si](C)(C)C)[Si](C)(C)C. The second kappa shape index (κ2) is 4.83. The molecule has 0 N–H and O–H groups in total. The van der Waals surface area contributed by atoms with E-state index in [0.29, 0.717) is 0 Å². The molecule has 0 rings (SSSR count). The predicted molar refractivity (Wildman–Crippen MR) is 91.7 cm³/mol. The zero-order chi connectivity index (χ0) is 14.3. The molecule has 0 aliphatic heterocycles. The molecule has 0 spiro atoms. The van der Waals surface area contributed by atoms with E-state index >= 15 is 0 Å². The quantitative estimate of drug-likeness (QED) is 0.527. The molecule has 0 unspecified atom stereocenters. The molecule has 0 aliphatic carbocycles. The highest BCUT2D eigenvalue weighted by Crippen LogP contribution is 2.38. The predicted octanol–water partition coefficient (Wildman–Crippen LogP) is 4.73. The molecule has 0 heterocycles. The van der Waals surface area contributed by atoms with Crippen LogP contribution < -0.4 is 0 Å². The topological polar surface area (TPSA) is 9.23 Å². The minimum absolute atomic E-state index is 0.962. The van der Waals surface area contributed by atoms with E-state index < -0.39 is 29.6 Å². The zero-order valence-electron chi connectivity index (χ0n) is 13.6. The second-order valence-electron chi connectivity index (χ2n) is 8.24. The van der Waals surface area contributed by atoms with Crippen molar-refractivity contribution in [3.8, 4) is 0 Å². The van der Waals surface area contributed by atoms with Crippen molar-refractivity contribution >= 4 is 29.6 Å². The summed E-state index contributed by atoms with van der Waals surface area (Å²) < 4.78 is 6.66. The maximum absolute atomic E-state index is 6.66. The fourth-order valence-corrected chi connectivity index (χ4v) is 97.6. The lowest BCUT2D eigenvalue weighted by atomic mass is 10.7. The average molecular weight is 305 g/mol. The molecule has 17 heavy (non-hydrogen) atoms. The van der Waals surface area contributed by atoms with Gasteiger partial charge in [-0.1, -0.05) is 65.5 Å². The van der Waals surface area contributed by atoms with Gasteiger partial charge < -0.3 is 4.43 Å². The second-order valence-corrected chi connectivity index (χ2v) is 47.6. The van der Waals surface area contributed by atoms with Crippen molar-refractivity contribution < 1.29 is 4.43 Å². The van der Waals surface area contributed by atoms with Crippen LogP contribution in [0.4, 0.5) is 0 Å². The van der Waals surface area contributed by atoms with Crippen molar-refractivity contribution in [2.45, 2.75) is 65.8 Å². The number of hydrogen-bond acceptors (Lipinski definition) is 1. The molecule has 102 valence electrons. The van der Waals surface area contributed by atoms with E-state index in [0.717, 1.165) is 5.76 Å². The highest BCUT2D eigenvalue weighted by molar-refractivity contribution is 7.87. The molecule has 0 radical (unpaired) electrons. The number of hydrogen-bond donors (Lipinski definition) is 0. The Morgan fingerprint density at radius 1 is 0.706 bits per heavy atom. The van der Waals surface area contributed by atoms with Gasteiger partial charge in [0.05, 0.1) is 28.5 Å². The summed E-state index contributed by atoms with van der Waals surface area (Å²) in [6.45, 7) is 27.2. The molecular weight excluding hydrogens is 272 g/mol. The van der Waals surface area contributed by atoms with Gasteiger partial charge in [-0.15, -0.1) is 0 Å². The van der Waals surface area contributed by atoms with Crippen LogP contribution in [0.2, 0.25) is 58.9 Å². The lowest BCUT2D eigenvalue weighted by molar-refractivity contribution is 0.451. The molecule has 0 aliphatic rings. The van der Waals surface area contributed by atoms with Gasteiger partial charge in [-0.3, -0.25) is 0 Å². The van der Waals surface area contributed by atoms with Gasteiger partial charge in [0.15, 0.2) is 0 Å². The van der Waals surface area contributed by atoms with Gasteiger partial charge in [0, 0.05) is 0 Å². The Balaban J connectivity index is 6.02. The summed E-state index contributed by atoms with van der Waals surface area (Å²) in [5.74, 6) is 0.962. The fraction of sp³-hybridized carbons (Fsp3) is 0.833. The third-order valence-electron chi connectivity index (χ3n) is 3.50. The molecule has 0 aromatic rings. The normalized spacial score (nSPS) is 14.7. The Labute approximate surface area is 112 Å². The molecular formula is C12H32OSi4. The van der Waals surface area contributed by atoms with Crippen molar-refractivity contribution in [1.82, 2.24) is 0 Å². The Hall–Kier alpha value is 0.408. The van der Waals surface area contributed by atoms with Gasteiger partial charge in [-0.25, -0.2) is 0 Å². The molecule has 0 atom stereocenters. The van der Waals surface area contributed by atoms with E-state index in [9.17, 15) is 0 Å². The third-order valence-corrected chi connectivity index (χ3v) is 70.9. The average Bonchev–Trinajstić information content (AvgIpc) is 1.91. The molecule has 0 fully saturated rings. The minimum atomic E-state index is -1.65. The maximum atomic E-state index is 6.66. The molecule has 0 amide bonds. The molecule has 0 saturated carbocycles. The smallest absolute Gasteiger partial charge is 0.206 e. The first-order valence-electron chi connectivity index (χ1n) is 6.51. The van der Waals surface area contributed by atoms with E-state index in [1.807, 2.05) is 6.92 Å². The van der Waals surface area contributed by atoms with Gasteiger partial charge >= 0.3 is 0 Å². The van der Waals surface area contributed by atoms with Crippen LogP contribution in [0.1, 0.15) is 6.92 Å². The van der Waals surface area contributed by atoms with E-state index in [1.54, 1.807) is 0 Å². The van der Waals surface area contributed by atoms with Crippen LogP contribution in [0, 0.1) is 0 Å². The highest BCUT2D eigenvalue weighted by Gasteiger charge is 2.65. The Morgan fingerprint density at radius 2 is 0.941 bits per heavy atom. The third kappa shape index (κ3) is 3.24. The van der Waals surface area contributed by atoms with Crippen LogP contribution in [0.15, 0.2) is 12.3 Å². The van der Waals surface area contributed by atoms with Gasteiger partial charge in [0.25, 0.3) is 0 Å². The minimum Gasteiger partial charge on any atom is -0.556 e. The van der Waals surface area contributed by atoms with Gasteiger partial charge in [-0.2, -0.15) is 0 Å². The number of allylic oxidation sites excluding steroid dienone is 1. The largest absolute Gasteiger partial charge is 0.556 e. The first-order chi connectivity index (χ1) is 7.17. The van der Waals surface area contributed by atoms with Crippen LogP contribution >= 0.6 is 0 Å². The summed E-state index contributed by atoms with van der Waals surface area (Å²) in [7, 11) is -3.87. The summed E-state index contributed by atoms with van der Waals surface area (Å²) in [6, 6.07) is 0. The monoisotopic (exact) mass is 304 g/mol. The molecule has 5 heteroatoms. The fourth-order valence-electron chi connectivity index (χ4n) is 4.10. The van der Waals surface area contributed by atoms with E-state index in [4.69, 9.17) is 4.43 Å². The first-order valence-corrected chi connectivity index (χ1v) is 21.9. The van der Waals surface area contributed by atoms with E-state index in [-0.39, 0.29) is 0 Å². The van der Waals surface area contributed by atoms with Crippen LogP contribution in [0.25, 0.3) is 0 Å². The van der Waals surface area contributed by atoms with Gasteiger partial charge in [-0.05, 0) is 6.92 Å². The van der Waals surface area contributed by atoms with Crippen LogP contribution in [-0.2, 0) is 4.43 Å². The lowest BCUT2D eigenvalue weighted by Crippen LogP contribution is -2.84. The molecule has 0 saturated heterocycles. The van der Waals surface area contributed by atoms with Crippen molar-refractivity contribution in [3.05, 3.63) is 12.3 Å². The van der Waals surface area contributed by atoms with Gasteiger partial charge in [0.1, 0.15) is 0 Å². The van der Waals surface area contributed by atoms with E-state index in [1.165, 1.54) is 0 Å². The summed E-state index contributed by atoms with van der Waals surface area (Å²) in [6.07, 6.45) is 0.